The van der Waals surface area contributed by atoms with Crippen molar-refractivity contribution in [3.05, 3.63) is 23.7 Å². The summed E-state index contributed by atoms with van der Waals surface area (Å²) in [6.07, 6.45) is 2.71. The van der Waals surface area contributed by atoms with Gasteiger partial charge in [-0.3, -0.25) is 9.59 Å². The Morgan fingerprint density at radius 1 is 1.61 bits per heavy atom. The zero-order valence-corrected chi connectivity index (χ0v) is 10.7. The predicted octanol–water partition coefficient (Wildman–Crippen LogP) is 1.07. The second-order valence-corrected chi connectivity index (χ2v) is 4.74. The fourth-order valence-electron chi connectivity index (χ4n) is 2.16. The van der Waals surface area contributed by atoms with Crippen molar-refractivity contribution in [1.29, 1.82) is 0 Å². The van der Waals surface area contributed by atoms with E-state index in [2.05, 4.69) is 5.32 Å². The van der Waals surface area contributed by atoms with Gasteiger partial charge >= 0.3 is 0 Å². The molecule has 1 N–H and O–H groups in total. The first-order chi connectivity index (χ1) is 8.58. The van der Waals surface area contributed by atoms with Crippen molar-refractivity contribution >= 4 is 11.8 Å². The number of aryl methyl sites for hydroxylation is 1. The number of furan rings is 1. The number of nitrogens with zero attached hydrogens (tertiary/aromatic N) is 1. The van der Waals surface area contributed by atoms with Gasteiger partial charge in [0.15, 0.2) is 0 Å². The van der Waals surface area contributed by atoms with Gasteiger partial charge in [-0.25, -0.2) is 0 Å². The van der Waals surface area contributed by atoms with E-state index in [4.69, 9.17) is 4.42 Å². The highest BCUT2D eigenvalue weighted by molar-refractivity contribution is 5.83. The summed E-state index contributed by atoms with van der Waals surface area (Å²) < 4.78 is 5.21. The molecular weight excluding hydrogens is 232 g/mol. The van der Waals surface area contributed by atoms with E-state index in [0.717, 1.165) is 11.3 Å². The molecule has 1 saturated heterocycles. The third-order valence-corrected chi connectivity index (χ3v) is 3.36. The van der Waals surface area contributed by atoms with Gasteiger partial charge in [0.2, 0.25) is 11.8 Å². The van der Waals surface area contributed by atoms with Crippen molar-refractivity contribution in [2.24, 2.45) is 5.92 Å². The maximum Gasteiger partial charge on any atom is 0.227 e. The normalized spacial score (nSPS) is 19.4. The van der Waals surface area contributed by atoms with Gasteiger partial charge in [0.25, 0.3) is 0 Å². The fraction of sp³-hybridized carbons (Fsp3) is 0.538. The van der Waals surface area contributed by atoms with E-state index < -0.39 is 0 Å². The minimum atomic E-state index is -0.0973. The molecule has 0 aromatic carbocycles. The van der Waals surface area contributed by atoms with Crippen LogP contribution < -0.4 is 5.32 Å². The topological polar surface area (TPSA) is 62.6 Å². The molecule has 0 bridgehead atoms. The van der Waals surface area contributed by atoms with Crippen LogP contribution in [0.3, 0.4) is 0 Å². The molecule has 98 valence electrons. The molecule has 2 heterocycles. The summed E-state index contributed by atoms with van der Waals surface area (Å²) >= 11 is 0. The molecule has 1 fully saturated rings. The van der Waals surface area contributed by atoms with Crippen LogP contribution in [-0.2, 0) is 16.1 Å². The summed E-state index contributed by atoms with van der Waals surface area (Å²) in [7, 11) is 1.78. The van der Waals surface area contributed by atoms with Crippen molar-refractivity contribution in [2.45, 2.75) is 26.3 Å². The van der Waals surface area contributed by atoms with Crippen LogP contribution in [0.5, 0.6) is 0 Å². The number of amides is 2. The summed E-state index contributed by atoms with van der Waals surface area (Å²) in [6, 6.07) is 1.88. The van der Waals surface area contributed by atoms with Crippen molar-refractivity contribution in [3.8, 4) is 0 Å². The summed E-state index contributed by atoms with van der Waals surface area (Å²) in [5.74, 6) is 0.856. The molecule has 1 atom stereocenters. The molecule has 1 aromatic heterocycles. The molecule has 0 spiro atoms. The van der Waals surface area contributed by atoms with Gasteiger partial charge in [0.1, 0.15) is 5.76 Å². The Hall–Kier alpha value is -1.78. The van der Waals surface area contributed by atoms with Crippen molar-refractivity contribution in [1.82, 2.24) is 10.2 Å². The minimum Gasteiger partial charge on any atom is -0.469 e. The highest BCUT2D eigenvalue weighted by Gasteiger charge is 2.27. The quantitative estimate of drug-likeness (QED) is 0.873. The minimum absolute atomic E-state index is 0.0346. The van der Waals surface area contributed by atoms with E-state index in [9.17, 15) is 9.59 Å². The molecular formula is C13H18N2O3. The number of hydrogen-bond acceptors (Lipinski definition) is 3. The van der Waals surface area contributed by atoms with Crippen LogP contribution in [0.4, 0.5) is 0 Å². The molecule has 1 unspecified atom stereocenters. The lowest BCUT2D eigenvalue weighted by molar-refractivity contribution is -0.136. The second kappa shape index (κ2) is 5.25. The Labute approximate surface area is 106 Å². The molecule has 5 nitrogen and oxygen atoms in total. The Morgan fingerprint density at radius 2 is 2.39 bits per heavy atom. The molecule has 2 amide bonds. The first-order valence-electron chi connectivity index (χ1n) is 6.12. The van der Waals surface area contributed by atoms with Gasteiger partial charge in [0, 0.05) is 32.1 Å². The molecule has 0 aliphatic carbocycles. The van der Waals surface area contributed by atoms with E-state index in [1.54, 1.807) is 18.2 Å². The van der Waals surface area contributed by atoms with Crippen LogP contribution in [0.25, 0.3) is 0 Å². The smallest absolute Gasteiger partial charge is 0.227 e. The Kier molecular flexibility index (Phi) is 3.69. The standard InChI is InChI=1S/C13H18N2O3/c1-9-11(5-6-18-9)8-15(2)13(17)10-3-4-12(16)14-7-10/h5-6,10H,3-4,7-8H2,1-2H3,(H,14,16). The molecule has 5 heteroatoms. The van der Waals surface area contributed by atoms with Crippen molar-refractivity contribution in [2.75, 3.05) is 13.6 Å². The maximum atomic E-state index is 12.2. The lowest BCUT2D eigenvalue weighted by atomic mass is 9.97. The van der Waals surface area contributed by atoms with Crippen molar-refractivity contribution < 1.29 is 14.0 Å². The predicted molar refractivity (Wildman–Crippen MR) is 65.7 cm³/mol. The number of rotatable bonds is 3. The number of nitrogens with one attached hydrogen (secondary N) is 1. The summed E-state index contributed by atoms with van der Waals surface area (Å²) in [5.41, 5.74) is 1.02. The summed E-state index contributed by atoms with van der Waals surface area (Å²) in [4.78, 5) is 24.9. The molecule has 18 heavy (non-hydrogen) atoms. The van der Waals surface area contributed by atoms with E-state index >= 15 is 0 Å². The SMILES string of the molecule is Cc1occc1CN(C)C(=O)C1CCC(=O)NC1. The number of piperidine rings is 1. The average molecular weight is 250 g/mol. The van der Waals surface area contributed by atoms with Gasteiger partial charge in [-0.2, -0.15) is 0 Å². The lowest BCUT2D eigenvalue weighted by Crippen LogP contribution is -2.43. The van der Waals surface area contributed by atoms with Crippen LogP contribution in [0, 0.1) is 12.8 Å². The van der Waals surface area contributed by atoms with Gasteiger partial charge < -0.3 is 14.6 Å². The van der Waals surface area contributed by atoms with Gasteiger partial charge in [-0.05, 0) is 19.4 Å². The third-order valence-electron chi connectivity index (χ3n) is 3.36. The highest BCUT2D eigenvalue weighted by Crippen LogP contribution is 2.16. The molecule has 2 rings (SSSR count). The largest absolute Gasteiger partial charge is 0.469 e. The Balaban J connectivity index is 1.92. The number of carbonyl (C=O) groups excluding carboxylic acids is 2. The van der Waals surface area contributed by atoms with E-state index in [0.29, 0.717) is 25.9 Å². The van der Waals surface area contributed by atoms with Gasteiger partial charge in [0.05, 0.1) is 12.2 Å². The Morgan fingerprint density at radius 3 is 2.94 bits per heavy atom. The van der Waals surface area contributed by atoms with Gasteiger partial charge in [-0.1, -0.05) is 0 Å². The zero-order chi connectivity index (χ0) is 13.1. The summed E-state index contributed by atoms with van der Waals surface area (Å²) in [5, 5.41) is 2.73. The first-order valence-corrected chi connectivity index (χ1v) is 6.12. The Bertz CT molecular complexity index is 443. The monoisotopic (exact) mass is 250 g/mol. The molecule has 0 radical (unpaired) electrons. The van der Waals surface area contributed by atoms with Crippen LogP contribution in [0.15, 0.2) is 16.7 Å². The van der Waals surface area contributed by atoms with Crippen LogP contribution >= 0.6 is 0 Å². The zero-order valence-electron chi connectivity index (χ0n) is 10.7. The lowest BCUT2D eigenvalue weighted by Gasteiger charge is -2.26. The molecule has 1 aliphatic rings. The highest BCUT2D eigenvalue weighted by atomic mass is 16.3. The van der Waals surface area contributed by atoms with Crippen LogP contribution in [-0.4, -0.2) is 30.3 Å². The van der Waals surface area contributed by atoms with Crippen LogP contribution in [0.2, 0.25) is 0 Å². The summed E-state index contributed by atoms with van der Waals surface area (Å²) in [6.45, 7) is 2.88. The third kappa shape index (κ3) is 2.72. The van der Waals surface area contributed by atoms with Crippen LogP contribution in [0.1, 0.15) is 24.2 Å². The first kappa shape index (κ1) is 12.7. The molecule has 0 saturated carbocycles. The molecule has 1 aromatic rings. The fourth-order valence-corrected chi connectivity index (χ4v) is 2.16. The second-order valence-electron chi connectivity index (χ2n) is 4.74. The maximum absolute atomic E-state index is 12.2. The number of hydrogen-bond donors (Lipinski definition) is 1. The van der Waals surface area contributed by atoms with Gasteiger partial charge in [-0.15, -0.1) is 0 Å². The van der Waals surface area contributed by atoms with E-state index in [1.165, 1.54) is 0 Å². The van der Waals surface area contributed by atoms with Crippen molar-refractivity contribution in [3.63, 3.8) is 0 Å². The average Bonchev–Trinajstić information content (AvgIpc) is 2.75. The molecule has 1 aliphatic heterocycles. The van der Waals surface area contributed by atoms with E-state index in [1.807, 2.05) is 13.0 Å². The number of carbonyl (C=O) groups is 2. The van der Waals surface area contributed by atoms with E-state index in [-0.39, 0.29) is 17.7 Å².